The summed E-state index contributed by atoms with van der Waals surface area (Å²) in [5, 5.41) is 0. The summed E-state index contributed by atoms with van der Waals surface area (Å²) in [5.74, 6) is 6.09. The maximum absolute atomic E-state index is 12.8. The zero-order chi connectivity index (χ0) is 26.1. The molecule has 0 radical (unpaired) electrons. The van der Waals surface area contributed by atoms with Crippen LogP contribution in [0.25, 0.3) is 22.2 Å². The molecule has 0 bridgehead atoms. The third-order valence-electron chi connectivity index (χ3n) is 4.78. The monoisotopic (exact) mass is 534 g/mol. The van der Waals surface area contributed by atoms with Crippen LogP contribution in [-0.2, 0) is 20.0 Å². The first-order valence-electron chi connectivity index (χ1n) is 10.1. The van der Waals surface area contributed by atoms with Crippen molar-refractivity contribution < 1.29 is 30.0 Å². The lowest BCUT2D eigenvalue weighted by Gasteiger charge is -2.14. The van der Waals surface area contributed by atoms with Crippen LogP contribution in [0.15, 0.2) is 66.7 Å². The van der Waals surface area contributed by atoms with Crippen LogP contribution in [0.1, 0.15) is 11.4 Å². The normalized spacial score (nSPS) is 12.1. The molecule has 1 heterocycles. The van der Waals surface area contributed by atoms with Crippen molar-refractivity contribution in [3.8, 4) is 23.0 Å². The second-order valence-corrected chi connectivity index (χ2v) is 11.0. The number of sulfonamides is 2. The average molecular weight is 535 g/mol. The number of alkyl halides is 3. The molecular formula is C23H17F3N4O4S2. The van der Waals surface area contributed by atoms with E-state index in [1.54, 1.807) is 53.3 Å². The van der Waals surface area contributed by atoms with Gasteiger partial charge in [-0.1, -0.05) is 30.2 Å². The van der Waals surface area contributed by atoms with E-state index in [0.29, 0.717) is 33.7 Å². The van der Waals surface area contributed by atoms with Crippen molar-refractivity contribution in [1.29, 1.82) is 0 Å². The summed E-state index contributed by atoms with van der Waals surface area (Å²) in [7, 11) is -8.97. The minimum atomic E-state index is -5.59. The van der Waals surface area contributed by atoms with Crippen LogP contribution < -0.4 is 9.44 Å². The molecule has 0 saturated heterocycles. The summed E-state index contributed by atoms with van der Waals surface area (Å²) in [5.41, 5.74) is -2.87. The van der Waals surface area contributed by atoms with Gasteiger partial charge in [0.05, 0.1) is 23.0 Å². The summed E-state index contributed by atoms with van der Waals surface area (Å²) < 4.78 is 88.2. The molecule has 3 N–H and O–H groups in total. The van der Waals surface area contributed by atoms with Crippen LogP contribution in [0.2, 0.25) is 0 Å². The summed E-state index contributed by atoms with van der Waals surface area (Å²) >= 11 is 0. The van der Waals surface area contributed by atoms with Crippen LogP contribution >= 0.6 is 0 Å². The first-order valence-corrected chi connectivity index (χ1v) is 13.5. The molecule has 0 aliphatic heterocycles. The highest BCUT2D eigenvalue weighted by Gasteiger charge is 2.46. The number of rotatable bonds is 5. The fraction of sp³-hybridized carbons (Fsp3) is 0.0870. The van der Waals surface area contributed by atoms with Crippen molar-refractivity contribution in [3.63, 3.8) is 0 Å². The number of hydrogen-bond donors (Lipinski definition) is 3. The molecule has 0 spiro atoms. The molecule has 3 aromatic carbocycles. The molecule has 0 fully saturated rings. The fourth-order valence-electron chi connectivity index (χ4n) is 3.23. The Morgan fingerprint density at radius 3 is 2.25 bits per heavy atom. The number of nitrogens with zero attached hydrogens (tertiary/aromatic N) is 1. The Bertz CT molecular complexity index is 1720. The summed E-state index contributed by atoms with van der Waals surface area (Å²) in [4.78, 5) is 7.38. The highest BCUT2D eigenvalue weighted by Crippen LogP contribution is 2.33. The van der Waals surface area contributed by atoms with Crippen molar-refractivity contribution in [3.05, 3.63) is 78.1 Å². The zero-order valence-corrected chi connectivity index (χ0v) is 20.0. The number of hydrogen-bond acceptors (Lipinski definition) is 5. The average Bonchev–Trinajstić information content (AvgIpc) is 3.19. The molecule has 0 unspecified atom stereocenters. The Hall–Kier alpha value is -4.02. The van der Waals surface area contributed by atoms with Gasteiger partial charge in [-0.25, -0.2) is 13.4 Å². The molecule has 0 saturated carbocycles. The largest absolute Gasteiger partial charge is 0.516 e. The minimum Gasteiger partial charge on any atom is -0.331 e. The predicted molar refractivity (Wildman–Crippen MR) is 131 cm³/mol. The highest BCUT2D eigenvalue weighted by atomic mass is 32.2. The number of H-pyrrole nitrogens is 1. The molecule has 0 amide bonds. The molecule has 0 atom stereocenters. The summed E-state index contributed by atoms with van der Waals surface area (Å²) in [6, 6.07) is 17.0. The highest BCUT2D eigenvalue weighted by molar-refractivity contribution is 7.93. The summed E-state index contributed by atoms with van der Waals surface area (Å²) in [6.07, 6.45) is 1.05. The SMILES string of the molecule is CS(=O)(=O)Nc1ccc(C#Cc2nc3ccc(-c4ccccc4NS(=O)(=O)C(F)(F)F)cc3[nH]2)cc1. The van der Waals surface area contributed by atoms with E-state index in [0.717, 1.165) is 6.26 Å². The van der Waals surface area contributed by atoms with Gasteiger partial charge in [-0.3, -0.25) is 9.44 Å². The molecule has 13 heteroatoms. The second-order valence-electron chi connectivity index (χ2n) is 7.62. The quantitative estimate of drug-likeness (QED) is 0.331. The number of para-hydroxylation sites is 1. The van der Waals surface area contributed by atoms with Crippen LogP contribution in [0, 0.1) is 11.8 Å². The Morgan fingerprint density at radius 2 is 1.58 bits per heavy atom. The van der Waals surface area contributed by atoms with E-state index in [1.165, 1.54) is 18.2 Å². The van der Waals surface area contributed by atoms with Gasteiger partial charge in [0.1, 0.15) is 0 Å². The maximum atomic E-state index is 12.8. The van der Waals surface area contributed by atoms with Crippen LogP contribution in [0.3, 0.4) is 0 Å². The van der Waals surface area contributed by atoms with E-state index in [4.69, 9.17) is 0 Å². The van der Waals surface area contributed by atoms with Crippen molar-refractivity contribution in [2.75, 3.05) is 15.7 Å². The second kappa shape index (κ2) is 9.21. The molecule has 4 aromatic rings. The smallest absolute Gasteiger partial charge is 0.331 e. The molecule has 36 heavy (non-hydrogen) atoms. The van der Waals surface area contributed by atoms with Gasteiger partial charge in [0.25, 0.3) is 0 Å². The van der Waals surface area contributed by atoms with Gasteiger partial charge in [0.2, 0.25) is 10.0 Å². The number of nitrogens with one attached hydrogen (secondary N) is 3. The van der Waals surface area contributed by atoms with Gasteiger partial charge < -0.3 is 4.98 Å². The number of aromatic amines is 1. The summed E-state index contributed by atoms with van der Waals surface area (Å²) in [6.45, 7) is 0. The first-order chi connectivity index (χ1) is 16.8. The van der Waals surface area contributed by atoms with Gasteiger partial charge >= 0.3 is 15.5 Å². The Kier molecular flexibility index (Phi) is 6.42. The van der Waals surface area contributed by atoms with E-state index in [9.17, 15) is 30.0 Å². The molecular weight excluding hydrogens is 517 g/mol. The lowest BCUT2D eigenvalue weighted by Crippen LogP contribution is -2.30. The van der Waals surface area contributed by atoms with Crippen LogP contribution in [-0.4, -0.2) is 38.6 Å². The van der Waals surface area contributed by atoms with Crippen LogP contribution in [0.5, 0.6) is 0 Å². The van der Waals surface area contributed by atoms with Gasteiger partial charge in [0, 0.05) is 16.8 Å². The van der Waals surface area contributed by atoms with E-state index in [2.05, 4.69) is 26.5 Å². The number of aromatic nitrogens is 2. The number of imidazole rings is 1. The third kappa shape index (κ3) is 5.78. The van der Waals surface area contributed by atoms with E-state index in [1.807, 2.05) is 0 Å². The Balaban J connectivity index is 1.61. The predicted octanol–water partition coefficient (Wildman–Crippen LogP) is 4.26. The molecule has 186 valence electrons. The van der Waals surface area contributed by atoms with E-state index >= 15 is 0 Å². The minimum absolute atomic E-state index is 0.220. The van der Waals surface area contributed by atoms with E-state index in [-0.39, 0.29) is 11.3 Å². The Morgan fingerprint density at radius 1 is 0.889 bits per heavy atom. The van der Waals surface area contributed by atoms with Gasteiger partial charge in [-0.2, -0.15) is 21.6 Å². The molecule has 8 nitrogen and oxygen atoms in total. The third-order valence-corrected chi connectivity index (χ3v) is 6.49. The Labute approximate surface area is 204 Å². The van der Waals surface area contributed by atoms with E-state index < -0.39 is 25.6 Å². The van der Waals surface area contributed by atoms with Crippen molar-refractivity contribution in [1.82, 2.24) is 9.97 Å². The lowest BCUT2D eigenvalue weighted by molar-refractivity contribution is -0.0429. The molecule has 0 aliphatic carbocycles. The zero-order valence-electron chi connectivity index (χ0n) is 18.4. The van der Waals surface area contributed by atoms with Gasteiger partial charge in [-0.05, 0) is 53.9 Å². The molecule has 4 rings (SSSR count). The maximum Gasteiger partial charge on any atom is 0.516 e. The number of anilines is 2. The molecule has 1 aromatic heterocycles. The van der Waals surface area contributed by atoms with Crippen molar-refractivity contribution in [2.24, 2.45) is 0 Å². The standard InChI is InChI=1S/C23H17F3N4O4S2/c1-35(31,32)29-17-10-6-15(7-11-17)8-13-22-27-20-12-9-16(14-21(20)28-22)18-4-2-3-5-19(18)30-36(33,34)23(24,25)26/h2-7,9-12,14,29-30H,1H3,(H,27,28). The fourth-order valence-corrected chi connectivity index (χ4v) is 4.38. The van der Waals surface area contributed by atoms with Gasteiger partial charge in [-0.15, -0.1) is 0 Å². The van der Waals surface area contributed by atoms with Crippen molar-refractivity contribution in [2.45, 2.75) is 5.51 Å². The molecule has 0 aliphatic rings. The number of benzene rings is 3. The topological polar surface area (TPSA) is 121 Å². The van der Waals surface area contributed by atoms with Gasteiger partial charge in [0.15, 0.2) is 5.82 Å². The lowest BCUT2D eigenvalue weighted by atomic mass is 10.0. The number of halogens is 3. The van der Waals surface area contributed by atoms with Crippen LogP contribution in [0.4, 0.5) is 24.5 Å². The van der Waals surface area contributed by atoms with Crippen molar-refractivity contribution >= 4 is 42.5 Å². The first kappa shape index (κ1) is 25.1. The number of fused-ring (bicyclic) bond motifs is 1.